The van der Waals surface area contributed by atoms with Gasteiger partial charge in [-0.05, 0) is 0 Å². The molecule has 122 valence electrons. The summed E-state index contributed by atoms with van der Waals surface area (Å²) in [5.41, 5.74) is 1.20. The number of aliphatic carboxylic acids is 1. The van der Waals surface area contributed by atoms with Crippen molar-refractivity contribution in [3.05, 3.63) is 42.1 Å². The number of hydrogen-bond acceptors (Lipinski definition) is 6. The van der Waals surface area contributed by atoms with E-state index in [-0.39, 0.29) is 12.3 Å². The van der Waals surface area contributed by atoms with Gasteiger partial charge >= 0.3 is 5.97 Å². The summed E-state index contributed by atoms with van der Waals surface area (Å²) in [7, 11) is 3.02. The van der Waals surface area contributed by atoms with E-state index in [9.17, 15) is 9.59 Å². The number of carbonyl (C=O) groups is 2. The predicted molar refractivity (Wildman–Crippen MR) is 91.4 cm³/mol. The Bertz CT molecular complexity index is 646. The summed E-state index contributed by atoms with van der Waals surface area (Å²) in [5.74, 6) is 0.667. The standard InChI is InChI=1S/C15H16N2O4S2/c18-13(19)6-8-22-23-9-7-16-15(20)12-10-17-21-14(12)11-4-2-1-3-5-11/h1-5,10H,6-9H2,(H,16,20)(H,18,19). The van der Waals surface area contributed by atoms with E-state index < -0.39 is 5.97 Å². The van der Waals surface area contributed by atoms with Gasteiger partial charge in [0.1, 0.15) is 5.56 Å². The van der Waals surface area contributed by atoms with Crippen LogP contribution in [0.2, 0.25) is 0 Å². The smallest absolute Gasteiger partial charge is 0.304 e. The van der Waals surface area contributed by atoms with E-state index in [1.54, 1.807) is 0 Å². The number of carboxylic acids is 1. The summed E-state index contributed by atoms with van der Waals surface area (Å²) in [6.07, 6.45) is 1.55. The topological polar surface area (TPSA) is 92.4 Å². The Morgan fingerprint density at radius 3 is 2.65 bits per heavy atom. The highest BCUT2D eigenvalue weighted by Crippen LogP contribution is 2.23. The molecule has 0 radical (unpaired) electrons. The fourth-order valence-corrected chi connectivity index (χ4v) is 3.63. The quantitative estimate of drug-likeness (QED) is 0.529. The monoisotopic (exact) mass is 352 g/mol. The van der Waals surface area contributed by atoms with Crippen molar-refractivity contribution < 1.29 is 19.2 Å². The zero-order valence-electron chi connectivity index (χ0n) is 12.2. The molecule has 23 heavy (non-hydrogen) atoms. The van der Waals surface area contributed by atoms with Crippen molar-refractivity contribution in [2.45, 2.75) is 6.42 Å². The van der Waals surface area contributed by atoms with E-state index in [1.165, 1.54) is 27.8 Å². The number of carboxylic acid groups (broad SMARTS) is 1. The molecule has 1 heterocycles. The Balaban J connectivity index is 1.77. The highest BCUT2D eigenvalue weighted by atomic mass is 33.1. The molecule has 2 N–H and O–H groups in total. The number of nitrogens with zero attached hydrogens (tertiary/aromatic N) is 1. The van der Waals surface area contributed by atoms with Crippen LogP contribution in [-0.2, 0) is 4.79 Å². The average molecular weight is 352 g/mol. The summed E-state index contributed by atoms with van der Waals surface area (Å²) < 4.78 is 5.18. The number of carbonyl (C=O) groups excluding carboxylic acids is 1. The lowest BCUT2D eigenvalue weighted by Crippen LogP contribution is -2.25. The second kappa shape index (κ2) is 9.26. The van der Waals surface area contributed by atoms with Gasteiger partial charge < -0.3 is 14.9 Å². The number of rotatable bonds is 9. The van der Waals surface area contributed by atoms with E-state index in [0.29, 0.717) is 29.4 Å². The lowest BCUT2D eigenvalue weighted by Gasteiger charge is -2.04. The molecular weight excluding hydrogens is 336 g/mol. The second-order valence-electron chi connectivity index (χ2n) is 4.48. The van der Waals surface area contributed by atoms with E-state index in [1.807, 2.05) is 30.3 Å². The molecule has 0 atom stereocenters. The fraction of sp³-hybridized carbons (Fsp3) is 0.267. The van der Waals surface area contributed by atoms with Crippen LogP contribution < -0.4 is 5.32 Å². The van der Waals surface area contributed by atoms with Gasteiger partial charge in [0.05, 0.1) is 12.6 Å². The average Bonchev–Trinajstić information content (AvgIpc) is 3.04. The summed E-state index contributed by atoms with van der Waals surface area (Å²) in [5, 5.41) is 15.0. The van der Waals surface area contributed by atoms with Crippen LogP contribution in [0, 0.1) is 0 Å². The van der Waals surface area contributed by atoms with E-state index >= 15 is 0 Å². The van der Waals surface area contributed by atoms with Crippen LogP contribution in [0.1, 0.15) is 16.8 Å². The number of hydrogen-bond donors (Lipinski definition) is 2. The SMILES string of the molecule is O=C(O)CCSSCCNC(=O)c1cnoc1-c1ccccc1. The van der Waals surface area contributed by atoms with Gasteiger partial charge in [-0.3, -0.25) is 9.59 Å². The minimum atomic E-state index is -0.799. The first-order chi connectivity index (χ1) is 11.2. The molecule has 6 nitrogen and oxygen atoms in total. The first kappa shape index (κ1) is 17.4. The molecule has 0 spiro atoms. The Morgan fingerprint density at radius 2 is 1.91 bits per heavy atom. The molecule has 0 unspecified atom stereocenters. The number of nitrogens with one attached hydrogen (secondary N) is 1. The van der Waals surface area contributed by atoms with Crippen molar-refractivity contribution in [3.63, 3.8) is 0 Å². The third kappa shape index (κ3) is 5.65. The Hall–Kier alpha value is -1.93. The van der Waals surface area contributed by atoms with Crippen molar-refractivity contribution >= 4 is 33.5 Å². The normalized spacial score (nSPS) is 10.4. The van der Waals surface area contributed by atoms with Gasteiger partial charge in [0.25, 0.3) is 5.91 Å². The van der Waals surface area contributed by atoms with Crippen LogP contribution in [-0.4, -0.2) is 40.2 Å². The zero-order valence-corrected chi connectivity index (χ0v) is 13.9. The van der Waals surface area contributed by atoms with Gasteiger partial charge in [0, 0.05) is 23.6 Å². The lowest BCUT2D eigenvalue weighted by atomic mass is 10.1. The molecule has 1 amide bonds. The third-order valence-corrected chi connectivity index (χ3v) is 5.21. The van der Waals surface area contributed by atoms with Gasteiger partial charge in [0.2, 0.25) is 0 Å². The van der Waals surface area contributed by atoms with Crippen LogP contribution in [0.25, 0.3) is 11.3 Å². The van der Waals surface area contributed by atoms with Crippen molar-refractivity contribution in [1.29, 1.82) is 0 Å². The van der Waals surface area contributed by atoms with E-state index in [2.05, 4.69) is 10.5 Å². The summed E-state index contributed by atoms with van der Waals surface area (Å²) >= 11 is 0. The van der Waals surface area contributed by atoms with Crippen LogP contribution in [0.4, 0.5) is 0 Å². The van der Waals surface area contributed by atoms with E-state index in [4.69, 9.17) is 9.63 Å². The number of amides is 1. The first-order valence-corrected chi connectivity index (χ1v) is 9.42. The molecular formula is C15H16N2O4S2. The van der Waals surface area contributed by atoms with Gasteiger partial charge in [-0.25, -0.2) is 0 Å². The number of aromatic nitrogens is 1. The Kier molecular flexibility index (Phi) is 7.02. The maximum atomic E-state index is 12.2. The predicted octanol–water partition coefficient (Wildman–Crippen LogP) is 2.93. The van der Waals surface area contributed by atoms with Crippen molar-refractivity contribution in [1.82, 2.24) is 10.5 Å². The van der Waals surface area contributed by atoms with Crippen molar-refractivity contribution in [2.75, 3.05) is 18.1 Å². The molecule has 0 aliphatic carbocycles. The third-order valence-electron chi connectivity index (χ3n) is 2.80. The second-order valence-corrected chi connectivity index (χ2v) is 7.18. The van der Waals surface area contributed by atoms with Crippen molar-refractivity contribution in [3.8, 4) is 11.3 Å². The highest BCUT2D eigenvalue weighted by Gasteiger charge is 2.17. The summed E-state index contributed by atoms with van der Waals surface area (Å²) in [4.78, 5) is 22.5. The van der Waals surface area contributed by atoms with Gasteiger partial charge in [-0.15, -0.1) is 0 Å². The molecule has 2 rings (SSSR count). The summed E-state index contributed by atoms with van der Waals surface area (Å²) in [6.45, 7) is 0.489. The molecule has 0 saturated heterocycles. The van der Waals surface area contributed by atoms with Crippen LogP contribution in [0.3, 0.4) is 0 Å². The largest absolute Gasteiger partial charge is 0.481 e. The van der Waals surface area contributed by atoms with Crippen LogP contribution in [0.15, 0.2) is 41.1 Å². The molecule has 1 aromatic carbocycles. The first-order valence-electron chi connectivity index (χ1n) is 6.93. The fourth-order valence-electron chi connectivity index (χ4n) is 1.75. The molecule has 0 saturated carbocycles. The molecule has 1 aromatic heterocycles. The summed E-state index contributed by atoms with van der Waals surface area (Å²) in [6, 6.07) is 9.33. The minimum Gasteiger partial charge on any atom is -0.481 e. The van der Waals surface area contributed by atoms with Gasteiger partial charge in [-0.1, -0.05) is 57.1 Å². The molecule has 0 aliphatic heterocycles. The lowest BCUT2D eigenvalue weighted by molar-refractivity contribution is -0.136. The molecule has 0 fully saturated rings. The van der Waals surface area contributed by atoms with E-state index in [0.717, 1.165) is 5.56 Å². The maximum Gasteiger partial charge on any atom is 0.304 e. The zero-order chi connectivity index (χ0) is 16.5. The molecule has 2 aromatic rings. The van der Waals surface area contributed by atoms with Gasteiger partial charge in [-0.2, -0.15) is 0 Å². The molecule has 8 heteroatoms. The Labute approximate surface area is 141 Å². The molecule has 0 bridgehead atoms. The van der Waals surface area contributed by atoms with Crippen LogP contribution in [0.5, 0.6) is 0 Å². The Morgan fingerprint density at radius 1 is 1.17 bits per heavy atom. The van der Waals surface area contributed by atoms with Crippen molar-refractivity contribution in [2.24, 2.45) is 0 Å². The molecule has 0 aliphatic rings. The minimum absolute atomic E-state index is 0.144. The van der Waals surface area contributed by atoms with Gasteiger partial charge in [0.15, 0.2) is 5.76 Å². The highest BCUT2D eigenvalue weighted by molar-refractivity contribution is 8.76. The maximum absolute atomic E-state index is 12.2. The van der Waals surface area contributed by atoms with Crippen LogP contribution >= 0.6 is 21.6 Å². The number of benzene rings is 1.